The average Bonchev–Trinajstić information content (AvgIpc) is 1.85. The zero-order valence-corrected chi connectivity index (χ0v) is 8.74. The lowest BCUT2D eigenvalue weighted by atomic mass is 9.75. The van der Waals surface area contributed by atoms with Crippen LogP contribution in [0.3, 0.4) is 0 Å². The van der Waals surface area contributed by atoms with Gasteiger partial charge in [-0.1, -0.05) is 39.8 Å². The molecule has 0 heterocycles. The maximum Gasteiger partial charge on any atom is 0.137 e. The summed E-state index contributed by atoms with van der Waals surface area (Å²) in [4.78, 5) is 11.0. The van der Waals surface area contributed by atoms with Gasteiger partial charge < -0.3 is 0 Å². The fraction of sp³-hybridized carbons (Fsp3) is 0.727. The molecule has 12 heavy (non-hydrogen) atoms. The first-order valence-electron chi connectivity index (χ1n) is 4.68. The standard InChI is InChI=1S/C9H14O.C2H6/c1-7-4-8(10)6-9(2,3)5-7;1-2/h1,4-6H2,2-3H3;1-2H3. The third-order valence-corrected chi connectivity index (χ3v) is 1.85. The molecule has 70 valence electrons. The van der Waals surface area contributed by atoms with Crippen LogP contribution in [0.25, 0.3) is 0 Å². The van der Waals surface area contributed by atoms with Crippen molar-refractivity contribution >= 4 is 5.78 Å². The van der Waals surface area contributed by atoms with Crippen LogP contribution in [-0.4, -0.2) is 5.78 Å². The van der Waals surface area contributed by atoms with E-state index < -0.39 is 0 Å². The highest BCUT2D eigenvalue weighted by atomic mass is 16.1. The fourth-order valence-electron chi connectivity index (χ4n) is 1.68. The Kier molecular flexibility index (Phi) is 4.22. The molecule has 0 aliphatic heterocycles. The van der Waals surface area contributed by atoms with Gasteiger partial charge in [-0.25, -0.2) is 0 Å². The Morgan fingerprint density at radius 3 is 2.08 bits per heavy atom. The number of hydrogen-bond acceptors (Lipinski definition) is 1. The van der Waals surface area contributed by atoms with Crippen LogP contribution in [0.4, 0.5) is 0 Å². The minimum atomic E-state index is 0.173. The van der Waals surface area contributed by atoms with Crippen LogP contribution in [0.1, 0.15) is 47.0 Å². The minimum absolute atomic E-state index is 0.173. The topological polar surface area (TPSA) is 17.1 Å². The number of carbonyl (C=O) groups excluding carboxylic acids is 1. The van der Waals surface area contributed by atoms with E-state index >= 15 is 0 Å². The molecule has 0 bridgehead atoms. The molecule has 1 aliphatic rings. The van der Waals surface area contributed by atoms with Crippen LogP contribution in [0.2, 0.25) is 0 Å². The van der Waals surface area contributed by atoms with Crippen LogP contribution in [0.5, 0.6) is 0 Å². The van der Waals surface area contributed by atoms with Crippen molar-refractivity contribution in [3.05, 3.63) is 12.2 Å². The smallest absolute Gasteiger partial charge is 0.137 e. The van der Waals surface area contributed by atoms with E-state index in [4.69, 9.17) is 0 Å². The van der Waals surface area contributed by atoms with Crippen LogP contribution < -0.4 is 0 Å². The van der Waals surface area contributed by atoms with E-state index in [2.05, 4.69) is 20.4 Å². The van der Waals surface area contributed by atoms with Crippen molar-refractivity contribution in [3.8, 4) is 0 Å². The summed E-state index contributed by atoms with van der Waals surface area (Å²) in [6.45, 7) is 12.1. The second kappa shape index (κ2) is 4.44. The molecular weight excluding hydrogens is 148 g/mol. The Morgan fingerprint density at radius 1 is 1.25 bits per heavy atom. The highest BCUT2D eigenvalue weighted by Crippen LogP contribution is 2.35. The number of carbonyl (C=O) groups is 1. The molecule has 1 fully saturated rings. The van der Waals surface area contributed by atoms with E-state index in [9.17, 15) is 4.79 Å². The molecule has 0 atom stereocenters. The first kappa shape index (κ1) is 11.4. The van der Waals surface area contributed by atoms with Crippen molar-refractivity contribution in [3.63, 3.8) is 0 Å². The molecular formula is C11H20O. The second-order valence-corrected chi connectivity index (χ2v) is 3.98. The van der Waals surface area contributed by atoms with Crippen LogP contribution in [0, 0.1) is 5.41 Å². The van der Waals surface area contributed by atoms with E-state index in [1.807, 2.05) is 13.8 Å². The largest absolute Gasteiger partial charge is 0.299 e. The van der Waals surface area contributed by atoms with Gasteiger partial charge in [0.05, 0.1) is 0 Å². The quantitative estimate of drug-likeness (QED) is 0.507. The number of hydrogen-bond donors (Lipinski definition) is 0. The minimum Gasteiger partial charge on any atom is -0.299 e. The lowest BCUT2D eigenvalue weighted by Crippen LogP contribution is -2.23. The number of allylic oxidation sites excluding steroid dienone is 1. The molecule has 0 radical (unpaired) electrons. The van der Waals surface area contributed by atoms with Crippen molar-refractivity contribution in [1.29, 1.82) is 0 Å². The predicted molar refractivity (Wildman–Crippen MR) is 53.1 cm³/mol. The Balaban J connectivity index is 0.000000561. The van der Waals surface area contributed by atoms with Crippen LogP contribution >= 0.6 is 0 Å². The summed E-state index contributed by atoms with van der Waals surface area (Å²) in [6.07, 6.45) is 2.36. The van der Waals surface area contributed by atoms with Gasteiger partial charge in [0.15, 0.2) is 0 Å². The number of Topliss-reactive ketones (excluding diaryl/α,β-unsaturated/α-hetero) is 1. The summed E-state index contributed by atoms with van der Waals surface area (Å²) in [7, 11) is 0. The normalized spacial score (nSPS) is 21.3. The Labute approximate surface area is 75.9 Å². The van der Waals surface area contributed by atoms with Gasteiger partial charge in [-0.15, -0.1) is 0 Å². The highest BCUT2D eigenvalue weighted by molar-refractivity contribution is 5.82. The molecule has 0 saturated heterocycles. The lowest BCUT2D eigenvalue weighted by Gasteiger charge is -2.29. The first-order chi connectivity index (χ1) is 5.49. The van der Waals surface area contributed by atoms with Gasteiger partial charge >= 0.3 is 0 Å². The van der Waals surface area contributed by atoms with Crippen molar-refractivity contribution in [1.82, 2.24) is 0 Å². The van der Waals surface area contributed by atoms with E-state index in [0.717, 1.165) is 18.4 Å². The molecule has 0 N–H and O–H groups in total. The zero-order valence-electron chi connectivity index (χ0n) is 8.74. The molecule has 1 rings (SSSR count). The average molecular weight is 168 g/mol. The summed E-state index contributed by atoms with van der Waals surface area (Å²) < 4.78 is 0. The maximum atomic E-state index is 11.0. The van der Waals surface area contributed by atoms with E-state index in [-0.39, 0.29) is 5.41 Å². The SMILES string of the molecule is C=C1CC(=O)CC(C)(C)C1.CC. The van der Waals surface area contributed by atoms with Crippen molar-refractivity contribution < 1.29 is 4.79 Å². The number of rotatable bonds is 0. The summed E-state index contributed by atoms with van der Waals surface area (Å²) in [5, 5.41) is 0. The Morgan fingerprint density at radius 2 is 1.75 bits per heavy atom. The molecule has 1 saturated carbocycles. The van der Waals surface area contributed by atoms with E-state index in [1.54, 1.807) is 0 Å². The maximum absolute atomic E-state index is 11.0. The summed E-state index contributed by atoms with van der Waals surface area (Å²) in [5.74, 6) is 0.348. The van der Waals surface area contributed by atoms with Gasteiger partial charge in [0.25, 0.3) is 0 Å². The van der Waals surface area contributed by atoms with Crippen molar-refractivity contribution in [2.24, 2.45) is 5.41 Å². The van der Waals surface area contributed by atoms with Gasteiger partial charge in [0.2, 0.25) is 0 Å². The Hall–Kier alpha value is -0.590. The van der Waals surface area contributed by atoms with Crippen molar-refractivity contribution in [2.75, 3.05) is 0 Å². The van der Waals surface area contributed by atoms with Crippen LogP contribution in [0.15, 0.2) is 12.2 Å². The molecule has 1 heteroatoms. The van der Waals surface area contributed by atoms with Gasteiger partial charge in [-0.2, -0.15) is 0 Å². The molecule has 1 aliphatic carbocycles. The molecule has 0 aromatic carbocycles. The third kappa shape index (κ3) is 3.70. The van der Waals surface area contributed by atoms with Gasteiger partial charge in [-0.05, 0) is 11.8 Å². The summed E-state index contributed by atoms with van der Waals surface area (Å²) >= 11 is 0. The van der Waals surface area contributed by atoms with Gasteiger partial charge in [0.1, 0.15) is 5.78 Å². The number of ketones is 1. The first-order valence-corrected chi connectivity index (χ1v) is 4.68. The molecule has 0 spiro atoms. The molecule has 0 unspecified atom stereocenters. The Bertz CT molecular complexity index is 159. The van der Waals surface area contributed by atoms with Gasteiger partial charge in [-0.3, -0.25) is 4.79 Å². The monoisotopic (exact) mass is 168 g/mol. The van der Waals surface area contributed by atoms with E-state index in [1.165, 1.54) is 0 Å². The molecule has 1 nitrogen and oxygen atoms in total. The molecule has 0 aromatic heterocycles. The molecule has 0 aromatic rings. The molecule has 0 amide bonds. The third-order valence-electron chi connectivity index (χ3n) is 1.85. The predicted octanol–water partition coefficient (Wildman–Crippen LogP) is 3.35. The van der Waals surface area contributed by atoms with E-state index in [0.29, 0.717) is 12.2 Å². The second-order valence-electron chi connectivity index (χ2n) is 3.98. The summed E-state index contributed by atoms with van der Waals surface area (Å²) in [6, 6.07) is 0. The highest BCUT2D eigenvalue weighted by Gasteiger charge is 2.27. The van der Waals surface area contributed by atoms with Crippen LogP contribution in [-0.2, 0) is 4.79 Å². The van der Waals surface area contributed by atoms with Crippen molar-refractivity contribution in [2.45, 2.75) is 47.0 Å². The lowest BCUT2D eigenvalue weighted by molar-refractivity contribution is -0.121. The summed E-state index contributed by atoms with van der Waals surface area (Å²) in [5.41, 5.74) is 1.27. The zero-order chi connectivity index (χ0) is 9.78. The fourth-order valence-corrected chi connectivity index (χ4v) is 1.68. The van der Waals surface area contributed by atoms with Gasteiger partial charge in [0, 0.05) is 12.8 Å².